The van der Waals surface area contributed by atoms with Crippen LogP contribution in [0.3, 0.4) is 0 Å². The third kappa shape index (κ3) is 3.29. The summed E-state index contributed by atoms with van der Waals surface area (Å²) in [4.78, 5) is 8.81. The lowest BCUT2D eigenvalue weighted by molar-refractivity contribution is 0.416. The summed E-state index contributed by atoms with van der Waals surface area (Å²) in [5.41, 5.74) is 8.85. The van der Waals surface area contributed by atoms with Crippen molar-refractivity contribution < 1.29 is 4.74 Å². The van der Waals surface area contributed by atoms with E-state index >= 15 is 0 Å². The van der Waals surface area contributed by atoms with Gasteiger partial charge in [0.25, 0.3) is 0 Å². The zero-order valence-electron chi connectivity index (χ0n) is 16.6. The fraction of sp³-hybridized carbons (Fsp3) is 0.167. The number of rotatable bonds is 4. The number of pyridine rings is 1. The Morgan fingerprint density at radius 2 is 1.57 bits per heavy atom. The molecule has 4 aromatic rings. The minimum atomic E-state index is 0.848. The molecule has 0 aliphatic heterocycles. The minimum Gasteiger partial charge on any atom is -0.496 e. The Kier molecular flexibility index (Phi) is 4.70. The maximum absolute atomic E-state index is 5.65. The van der Waals surface area contributed by atoms with Crippen molar-refractivity contribution in [2.45, 2.75) is 20.8 Å². The van der Waals surface area contributed by atoms with Gasteiger partial charge in [-0.05, 0) is 50.6 Å². The summed E-state index contributed by atoms with van der Waals surface area (Å²) in [6, 6.07) is 14.8. The predicted molar refractivity (Wildman–Crippen MR) is 113 cm³/mol. The van der Waals surface area contributed by atoms with Crippen LogP contribution in [0.5, 0.6) is 5.75 Å². The van der Waals surface area contributed by atoms with Crippen molar-refractivity contribution in [2.24, 2.45) is 0 Å². The molecule has 4 heteroatoms. The molecule has 28 heavy (non-hydrogen) atoms. The Labute approximate surface area is 165 Å². The maximum atomic E-state index is 5.65. The second-order valence-corrected chi connectivity index (χ2v) is 7.12. The fourth-order valence-electron chi connectivity index (χ4n) is 3.65. The Hall–Kier alpha value is -3.40. The highest BCUT2D eigenvalue weighted by molar-refractivity contribution is 5.79. The van der Waals surface area contributed by atoms with Crippen LogP contribution in [0.2, 0.25) is 0 Å². The third-order valence-electron chi connectivity index (χ3n) is 4.86. The zero-order chi connectivity index (χ0) is 19.7. The van der Waals surface area contributed by atoms with E-state index in [-0.39, 0.29) is 0 Å². The number of hydrogen-bond acceptors (Lipinski definition) is 3. The van der Waals surface area contributed by atoms with Gasteiger partial charge in [-0.2, -0.15) is 0 Å². The van der Waals surface area contributed by atoms with Gasteiger partial charge in [-0.25, -0.2) is 4.98 Å². The molecule has 0 atom stereocenters. The molecule has 0 aliphatic carbocycles. The molecule has 0 unspecified atom stereocenters. The molecule has 140 valence electrons. The molecule has 0 saturated heterocycles. The molecule has 0 radical (unpaired) electrons. The largest absolute Gasteiger partial charge is 0.496 e. The van der Waals surface area contributed by atoms with Crippen molar-refractivity contribution in [1.29, 1.82) is 0 Å². The van der Waals surface area contributed by atoms with Gasteiger partial charge in [-0.3, -0.25) is 9.55 Å². The van der Waals surface area contributed by atoms with E-state index < -0.39 is 0 Å². The van der Waals surface area contributed by atoms with E-state index in [0.29, 0.717) is 0 Å². The van der Waals surface area contributed by atoms with Crippen LogP contribution >= 0.6 is 0 Å². The van der Waals surface area contributed by atoms with E-state index in [0.717, 1.165) is 39.4 Å². The summed E-state index contributed by atoms with van der Waals surface area (Å²) in [6.07, 6.45) is 7.43. The fourth-order valence-corrected chi connectivity index (χ4v) is 3.65. The molecule has 0 fully saturated rings. The van der Waals surface area contributed by atoms with Crippen molar-refractivity contribution in [3.63, 3.8) is 0 Å². The van der Waals surface area contributed by atoms with E-state index in [1.165, 1.54) is 11.1 Å². The molecule has 2 heterocycles. The molecule has 4 nitrogen and oxygen atoms in total. The molecular formula is C24H23N3O. The molecular weight excluding hydrogens is 346 g/mol. The molecule has 2 aromatic heterocycles. The Morgan fingerprint density at radius 1 is 0.786 bits per heavy atom. The molecule has 0 saturated carbocycles. The summed E-state index contributed by atoms with van der Waals surface area (Å²) in [7, 11) is 1.71. The van der Waals surface area contributed by atoms with E-state index in [1.54, 1.807) is 7.11 Å². The average molecular weight is 369 g/mol. The summed E-state index contributed by atoms with van der Waals surface area (Å²) in [6.45, 7) is 6.29. The zero-order valence-corrected chi connectivity index (χ0v) is 16.6. The first kappa shape index (κ1) is 18.0. The van der Waals surface area contributed by atoms with E-state index in [9.17, 15) is 0 Å². The Bertz CT molecular complexity index is 1120. The summed E-state index contributed by atoms with van der Waals surface area (Å²) in [5, 5.41) is 0. The van der Waals surface area contributed by atoms with Gasteiger partial charge in [0.15, 0.2) is 0 Å². The summed E-state index contributed by atoms with van der Waals surface area (Å²) < 4.78 is 7.75. The van der Waals surface area contributed by atoms with Crippen molar-refractivity contribution >= 4 is 0 Å². The van der Waals surface area contributed by atoms with E-state index in [1.807, 2.05) is 31.0 Å². The summed E-state index contributed by atoms with van der Waals surface area (Å²) in [5.74, 6) is 0.848. The highest BCUT2D eigenvalue weighted by Crippen LogP contribution is 2.36. The number of benzene rings is 2. The number of ether oxygens (including phenoxy) is 1. The minimum absolute atomic E-state index is 0.848. The van der Waals surface area contributed by atoms with Crippen LogP contribution in [0.1, 0.15) is 16.7 Å². The van der Waals surface area contributed by atoms with Gasteiger partial charge in [-0.15, -0.1) is 0 Å². The van der Waals surface area contributed by atoms with Crippen LogP contribution in [-0.4, -0.2) is 21.6 Å². The van der Waals surface area contributed by atoms with Crippen LogP contribution < -0.4 is 4.74 Å². The van der Waals surface area contributed by atoms with Crippen molar-refractivity contribution in [3.8, 4) is 33.8 Å². The highest BCUT2D eigenvalue weighted by Gasteiger charge is 2.15. The van der Waals surface area contributed by atoms with Crippen LogP contribution in [0.25, 0.3) is 28.1 Å². The molecule has 4 rings (SSSR count). The lowest BCUT2D eigenvalue weighted by Crippen LogP contribution is -2.00. The van der Waals surface area contributed by atoms with Crippen LogP contribution in [0.15, 0.2) is 67.4 Å². The highest BCUT2D eigenvalue weighted by atomic mass is 16.5. The van der Waals surface area contributed by atoms with Gasteiger partial charge >= 0.3 is 0 Å². The molecule has 0 bridgehead atoms. The van der Waals surface area contributed by atoms with Crippen LogP contribution in [0.4, 0.5) is 0 Å². The SMILES string of the molecule is COc1cc(C)ccc1-c1ccncc1-n1cncc1-c1cc(C)cc(C)c1. The van der Waals surface area contributed by atoms with Gasteiger partial charge < -0.3 is 4.74 Å². The molecule has 0 amide bonds. The first-order chi connectivity index (χ1) is 13.6. The lowest BCUT2D eigenvalue weighted by atomic mass is 10.0. The van der Waals surface area contributed by atoms with E-state index in [2.05, 4.69) is 71.7 Å². The molecule has 0 N–H and O–H groups in total. The van der Waals surface area contributed by atoms with Crippen molar-refractivity contribution in [2.75, 3.05) is 7.11 Å². The maximum Gasteiger partial charge on any atom is 0.127 e. The van der Waals surface area contributed by atoms with Crippen molar-refractivity contribution in [3.05, 3.63) is 84.1 Å². The van der Waals surface area contributed by atoms with Gasteiger partial charge in [0.2, 0.25) is 0 Å². The smallest absolute Gasteiger partial charge is 0.127 e. The molecule has 0 aliphatic rings. The quantitative estimate of drug-likeness (QED) is 0.474. The predicted octanol–water partition coefficient (Wildman–Crippen LogP) is 5.54. The van der Waals surface area contributed by atoms with Crippen molar-refractivity contribution in [1.82, 2.24) is 14.5 Å². The lowest BCUT2D eigenvalue weighted by Gasteiger charge is -2.16. The monoisotopic (exact) mass is 369 g/mol. The number of hydrogen-bond donors (Lipinski definition) is 0. The molecule has 2 aromatic carbocycles. The number of methoxy groups -OCH3 is 1. The van der Waals surface area contributed by atoms with Crippen LogP contribution in [-0.2, 0) is 0 Å². The van der Waals surface area contributed by atoms with Gasteiger partial charge in [0.1, 0.15) is 5.75 Å². The van der Waals surface area contributed by atoms with Crippen LogP contribution in [0, 0.1) is 20.8 Å². The summed E-state index contributed by atoms with van der Waals surface area (Å²) >= 11 is 0. The first-order valence-electron chi connectivity index (χ1n) is 9.27. The number of aromatic nitrogens is 3. The van der Waals surface area contributed by atoms with Gasteiger partial charge in [-0.1, -0.05) is 29.3 Å². The topological polar surface area (TPSA) is 39.9 Å². The third-order valence-corrected chi connectivity index (χ3v) is 4.86. The first-order valence-corrected chi connectivity index (χ1v) is 9.27. The van der Waals surface area contributed by atoms with E-state index in [4.69, 9.17) is 4.74 Å². The Morgan fingerprint density at radius 3 is 2.32 bits per heavy atom. The Balaban J connectivity index is 1.91. The average Bonchev–Trinajstić information content (AvgIpc) is 3.17. The number of nitrogens with zero attached hydrogens (tertiary/aromatic N) is 3. The van der Waals surface area contributed by atoms with Gasteiger partial charge in [0, 0.05) is 22.9 Å². The number of aryl methyl sites for hydroxylation is 3. The molecule has 0 spiro atoms. The van der Waals surface area contributed by atoms with Gasteiger partial charge in [0.05, 0.1) is 37.2 Å². The second-order valence-electron chi connectivity index (χ2n) is 7.12. The standard InChI is InChI=1S/C24H23N3O/c1-16-5-6-21(24(12-16)28-4)20-7-8-25-14-23(20)27-15-26-13-22(27)19-10-17(2)9-18(3)11-19/h5-15H,1-4H3. The number of imidazole rings is 1. The second kappa shape index (κ2) is 7.31. The normalized spacial score (nSPS) is 10.9.